The van der Waals surface area contributed by atoms with Gasteiger partial charge in [-0.15, -0.1) is 0 Å². The first-order chi connectivity index (χ1) is 7.84. The van der Waals surface area contributed by atoms with Crippen LogP contribution in [0.5, 0.6) is 0 Å². The molecule has 0 aliphatic rings. The van der Waals surface area contributed by atoms with Crippen molar-refractivity contribution >= 4 is 5.65 Å². The number of pyridine rings is 1. The van der Waals surface area contributed by atoms with Crippen LogP contribution in [0.2, 0.25) is 0 Å². The molecule has 3 aromatic rings. The van der Waals surface area contributed by atoms with E-state index >= 15 is 0 Å². The molecule has 0 amide bonds. The van der Waals surface area contributed by atoms with Crippen molar-refractivity contribution in [2.24, 2.45) is 0 Å². The average Bonchev–Trinajstić information content (AvgIpc) is 2.82. The van der Waals surface area contributed by atoms with Crippen LogP contribution in [-0.4, -0.2) is 19.4 Å². The summed E-state index contributed by atoms with van der Waals surface area (Å²) in [7, 11) is 0. The molecule has 5 heteroatoms. The van der Waals surface area contributed by atoms with Crippen molar-refractivity contribution in [1.82, 2.24) is 19.4 Å². The second kappa shape index (κ2) is 3.30. The van der Waals surface area contributed by atoms with Gasteiger partial charge in [0.15, 0.2) is 0 Å². The molecular formula is C11H8N4O. The number of fused-ring (bicyclic) bond motifs is 1. The number of aromatic amines is 1. The van der Waals surface area contributed by atoms with Crippen molar-refractivity contribution in [3.63, 3.8) is 0 Å². The molecule has 0 fully saturated rings. The van der Waals surface area contributed by atoms with Crippen LogP contribution in [0.1, 0.15) is 0 Å². The van der Waals surface area contributed by atoms with Gasteiger partial charge in [-0.2, -0.15) is 0 Å². The van der Waals surface area contributed by atoms with E-state index in [2.05, 4.69) is 15.0 Å². The van der Waals surface area contributed by atoms with Crippen molar-refractivity contribution in [1.29, 1.82) is 0 Å². The Morgan fingerprint density at radius 3 is 3.06 bits per heavy atom. The summed E-state index contributed by atoms with van der Waals surface area (Å²) in [4.78, 5) is 23.0. The summed E-state index contributed by atoms with van der Waals surface area (Å²) in [6, 6.07) is 6.92. The summed E-state index contributed by atoms with van der Waals surface area (Å²) in [5, 5.41) is 0. The molecule has 0 radical (unpaired) electrons. The Bertz CT molecular complexity index is 685. The number of hydrogen-bond acceptors (Lipinski definition) is 3. The summed E-state index contributed by atoms with van der Waals surface area (Å²) in [5.74, 6) is 0. The van der Waals surface area contributed by atoms with Crippen LogP contribution >= 0.6 is 0 Å². The SMILES string of the molecule is O=c1cc(-c2cnc[nH]2)nc2ccccn12. The molecular weight excluding hydrogens is 204 g/mol. The monoisotopic (exact) mass is 212 g/mol. The first kappa shape index (κ1) is 8.84. The highest BCUT2D eigenvalue weighted by molar-refractivity contribution is 5.56. The second-order valence-corrected chi connectivity index (χ2v) is 3.37. The number of aromatic nitrogens is 4. The topological polar surface area (TPSA) is 63.0 Å². The smallest absolute Gasteiger partial charge is 0.258 e. The van der Waals surface area contributed by atoms with Crippen LogP contribution in [0.15, 0.2) is 47.8 Å². The average molecular weight is 212 g/mol. The lowest BCUT2D eigenvalue weighted by Crippen LogP contribution is -2.13. The van der Waals surface area contributed by atoms with Gasteiger partial charge in [0.2, 0.25) is 0 Å². The minimum absolute atomic E-state index is 0.102. The van der Waals surface area contributed by atoms with Gasteiger partial charge in [-0.25, -0.2) is 9.97 Å². The van der Waals surface area contributed by atoms with Gasteiger partial charge >= 0.3 is 0 Å². The Kier molecular flexibility index (Phi) is 1.83. The van der Waals surface area contributed by atoms with Crippen molar-refractivity contribution < 1.29 is 0 Å². The van der Waals surface area contributed by atoms with Crippen molar-refractivity contribution in [2.75, 3.05) is 0 Å². The van der Waals surface area contributed by atoms with Gasteiger partial charge in [-0.1, -0.05) is 6.07 Å². The molecule has 3 aromatic heterocycles. The third-order valence-electron chi connectivity index (χ3n) is 2.35. The molecule has 0 bridgehead atoms. The van der Waals surface area contributed by atoms with Crippen LogP contribution in [0.25, 0.3) is 17.0 Å². The van der Waals surface area contributed by atoms with Crippen LogP contribution in [0.3, 0.4) is 0 Å². The lowest BCUT2D eigenvalue weighted by Gasteiger charge is -2.01. The Morgan fingerprint density at radius 1 is 1.31 bits per heavy atom. The minimum atomic E-state index is -0.102. The van der Waals surface area contributed by atoms with E-state index in [-0.39, 0.29) is 5.56 Å². The molecule has 0 aromatic carbocycles. The van der Waals surface area contributed by atoms with Crippen LogP contribution in [0.4, 0.5) is 0 Å². The van der Waals surface area contributed by atoms with Gasteiger partial charge in [0, 0.05) is 12.3 Å². The predicted octanol–water partition coefficient (Wildman–Crippen LogP) is 1.08. The first-order valence-electron chi connectivity index (χ1n) is 4.82. The fourth-order valence-electron chi connectivity index (χ4n) is 1.59. The third-order valence-corrected chi connectivity index (χ3v) is 2.35. The Labute approximate surface area is 90.4 Å². The molecule has 16 heavy (non-hydrogen) atoms. The van der Waals surface area contributed by atoms with Crippen molar-refractivity contribution in [3.05, 3.63) is 53.3 Å². The molecule has 0 saturated carbocycles. The van der Waals surface area contributed by atoms with Gasteiger partial charge in [0.25, 0.3) is 5.56 Å². The fraction of sp³-hybridized carbons (Fsp3) is 0. The molecule has 0 atom stereocenters. The zero-order chi connectivity index (χ0) is 11.0. The van der Waals surface area contributed by atoms with Crippen molar-refractivity contribution in [2.45, 2.75) is 0 Å². The summed E-state index contributed by atoms with van der Waals surface area (Å²) < 4.78 is 1.50. The summed E-state index contributed by atoms with van der Waals surface area (Å²) in [5.41, 5.74) is 1.87. The first-order valence-corrected chi connectivity index (χ1v) is 4.82. The van der Waals surface area contributed by atoms with E-state index in [1.807, 2.05) is 6.07 Å². The molecule has 0 aliphatic carbocycles. The van der Waals surface area contributed by atoms with Gasteiger partial charge < -0.3 is 4.98 Å². The molecule has 1 N–H and O–H groups in total. The van der Waals surface area contributed by atoms with Gasteiger partial charge in [-0.05, 0) is 12.1 Å². The Morgan fingerprint density at radius 2 is 2.25 bits per heavy atom. The van der Waals surface area contributed by atoms with Crippen LogP contribution < -0.4 is 5.56 Å². The zero-order valence-electron chi connectivity index (χ0n) is 8.29. The molecule has 3 rings (SSSR count). The highest BCUT2D eigenvalue weighted by Crippen LogP contribution is 2.11. The maximum atomic E-state index is 11.8. The second-order valence-electron chi connectivity index (χ2n) is 3.37. The Hall–Kier alpha value is -2.43. The number of nitrogens with one attached hydrogen (secondary N) is 1. The van der Waals surface area contributed by atoms with Gasteiger partial charge in [0.05, 0.1) is 23.9 Å². The summed E-state index contributed by atoms with van der Waals surface area (Å²) in [6.45, 7) is 0. The van der Waals surface area contributed by atoms with E-state index in [0.29, 0.717) is 11.3 Å². The standard InChI is InChI=1S/C11H8N4O/c16-11-5-8(9-6-12-7-13-9)14-10-3-1-2-4-15(10)11/h1-7H,(H,12,13). The highest BCUT2D eigenvalue weighted by Gasteiger charge is 2.04. The lowest BCUT2D eigenvalue weighted by atomic mass is 10.3. The highest BCUT2D eigenvalue weighted by atomic mass is 16.1. The van der Waals surface area contributed by atoms with E-state index in [1.165, 1.54) is 10.5 Å². The molecule has 0 saturated heterocycles. The zero-order valence-corrected chi connectivity index (χ0v) is 8.29. The fourth-order valence-corrected chi connectivity index (χ4v) is 1.59. The van der Waals surface area contributed by atoms with Crippen molar-refractivity contribution in [3.8, 4) is 11.4 Å². The number of hydrogen-bond donors (Lipinski definition) is 1. The number of H-pyrrole nitrogens is 1. The molecule has 3 heterocycles. The van der Waals surface area contributed by atoms with Gasteiger partial charge in [-0.3, -0.25) is 9.20 Å². The molecule has 0 aliphatic heterocycles. The quantitative estimate of drug-likeness (QED) is 0.656. The summed E-state index contributed by atoms with van der Waals surface area (Å²) in [6.07, 6.45) is 4.90. The maximum absolute atomic E-state index is 11.8. The number of rotatable bonds is 1. The molecule has 5 nitrogen and oxygen atoms in total. The van der Waals surface area contributed by atoms with Gasteiger partial charge in [0.1, 0.15) is 5.65 Å². The van der Waals surface area contributed by atoms with Crippen LogP contribution in [0, 0.1) is 0 Å². The van der Waals surface area contributed by atoms with E-state index < -0.39 is 0 Å². The number of nitrogens with zero attached hydrogens (tertiary/aromatic N) is 3. The normalized spacial score (nSPS) is 10.8. The van der Waals surface area contributed by atoms with E-state index in [4.69, 9.17) is 0 Å². The number of imidazole rings is 1. The van der Waals surface area contributed by atoms with Crippen LogP contribution in [-0.2, 0) is 0 Å². The molecule has 0 spiro atoms. The molecule has 0 unspecified atom stereocenters. The summed E-state index contributed by atoms with van der Waals surface area (Å²) >= 11 is 0. The van der Waals surface area contributed by atoms with E-state index in [1.54, 1.807) is 30.9 Å². The minimum Gasteiger partial charge on any atom is -0.343 e. The largest absolute Gasteiger partial charge is 0.343 e. The van der Waals surface area contributed by atoms with E-state index in [0.717, 1.165) is 5.69 Å². The lowest BCUT2D eigenvalue weighted by molar-refractivity contribution is 1.05. The third kappa shape index (κ3) is 1.30. The Balaban J connectivity index is 2.34. The maximum Gasteiger partial charge on any atom is 0.258 e. The predicted molar refractivity (Wildman–Crippen MR) is 59.0 cm³/mol. The van der Waals surface area contributed by atoms with E-state index in [9.17, 15) is 4.79 Å². The molecule has 78 valence electrons.